The number of aliphatic imine (C=N–C) groups is 1. The Kier molecular flexibility index (Phi) is 14.9. The molecule has 1 aliphatic heterocycles. The van der Waals surface area contributed by atoms with Crippen LogP contribution in [0.25, 0.3) is 22.3 Å². The molecule has 0 saturated carbocycles. The van der Waals surface area contributed by atoms with Crippen LogP contribution in [0.3, 0.4) is 0 Å². The fourth-order valence-corrected chi connectivity index (χ4v) is 7.93. The molecule has 2 atom stereocenters. The fraction of sp³-hybridized carbons (Fsp3) is 0.250. The second-order valence-electron chi connectivity index (χ2n) is 17.3. The van der Waals surface area contributed by atoms with E-state index in [1.165, 1.54) is 67.6 Å². The van der Waals surface area contributed by atoms with Crippen molar-refractivity contribution in [1.29, 1.82) is 0 Å². The lowest BCUT2D eigenvalue weighted by Crippen LogP contribution is -2.34. The number of carbonyl (C=O) groups excluding carboxylic acids is 2. The normalized spacial score (nSPS) is 15.1. The molecule has 0 bridgehead atoms. The molecule has 16 heteroatoms. The summed E-state index contributed by atoms with van der Waals surface area (Å²) in [4.78, 5) is 29.6. The molecule has 0 spiro atoms. The zero-order chi connectivity index (χ0) is 49.8. The van der Waals surface area contributed by atoms with Crippen molar-refractivity contribution in [3.05, 3.63) is 179 Å². The van der Waals surface area contributed by atoms with Gasteiger partial charge in [0.25, 0.3) is 0 Å². The van der Waals surface area contributed by atoms with Crippen LogP contribution < -0.4 is 14.8 Å². The lowest BCUT2D eigenvalue weighted by Gasteiger charge is -2.29. The molecule has 2 unspecified atom stereocenters. The van der Waals surface area contributed by atoms with Crippen LogP contribution in [-0.4, -0.2) is 30.1 Å². The highest BCUT2D eigenvalue weighted by molar-refractivity contribution is 6.06. The average Bonchev–Trinajstić information content (AvgIpc) is 3.57. The van der Waals surface area contributed by atoms with E-state index in [-0.39, 0.29) is 35.4 Å². The van der Waals surface area contributed by atoms with Crippen molar-refractivity contribution in [2.75, 3.05) is 0 Å². The number of hydrogen-bond acceptors (Lipinski definition) is 5. The topological polar surface area (TPSA) is 77.0 Å². The molecule has 6 aromatic carbocycles. The first-order valence-corrected chi connectivity index (χ1v) is 21.0. The number of ketones is 1. The highest BCUT2D eigenvalue weighted by atomic mass is 19.4. The van der Waals surface area contributed by atoms with Crippen LogP contribution >= 0.6 is 0 Å². The van der Waals surface area contributed by atoms with Crippen molar-refractivity contribution in [3.8, 4) is 33.8 Å². The fourth-order valence-electron chi connectivity index (χ4n) is 7.93. The maximum atomic E-state index is 14.3. The largest absolute Gasteiger partial charge is 0.573 e. The van der Waals surface area contributed by atoms with E-state index in [1.54, 1.807) is 50.2 Å². The van der Waals surface area contributed by atoms with Crippen molar-refractivity contribution in [2.24, 2.45) is 15.8 Å². The van der Waals surface area contributed by atoms with Gasteiger partial charge in [-0.05, 0) is 94.8 Å². The predicted molar refractivity (Wildman–Crippen MR) is 237 cm³/mol. The minimum Gasteiger partial charge on any atom is -0.406 e. The molecule has 6 aromatic rings. The van der Waals surface area contributed by atoms with E-state index in [9.17, 15) is 53.5 Å². The number of Topliss-reactive ketones (excluding diaryl/α,β-unsaturated/α-hetero) is 1. The van der Waals surface area contributed by atoms with Gasteiger partial charge in [-0.1, -0.05) is 113 Å². The first-order valence-electron chi connectivity index (χ1n) is 21.0. The van der Waals surface area contributed by atoms with E-state index in [0.29, 0.717) is 28.8 Å². The SMILES string of the molecule is CC(=O)NC(CC(C)(C)C(=O)c1c(F)cccc1F)c1ccc(-c2ccc(OC(F)(F)F)cc2)cc1.CC1(C)CC(c2ccc(-c3ccc(OC(F)(F)F)cc3)cc2)N=C1c1c(F)cccc1F. The number of amides is 1. The Bertz CT molecular complexity index is 2730. The van der Waals surface area contributed by atoms with Gasteiger partial charge in [-0.2, -0.15) is 0 Å². The third-order valence-electron chi connectivity index (χ3n) is 11.2. The summed E-state index contributed by atoms with van der Waals surface area (Å²) in [5.41, 5.74) is 2.36. The highest BCUT2D eigenvalue weighted by Crippen LogP contribution is 2.44. The van der Waals surface area contributed by atoms with Crippen molar-refractivity contribution < 1.29 is 63.0 Å². The van der Waals surface area contributed by atoms with Gasteiger partial charge in [-0.15, -0.1) is 26.3 Å². The van der Waals surface area contributed by atoms with E-state index >= 15 is 0 Å². The standard InChI is InChI=1S/C27H24F5NO3.C25H20F5NO/c1-16(34)33-23(15-26(2,3)25(35)24-21(28)5-4-6-22(24)29)19-9-7-17(8-10-19)18-11-13-20(14-12-18)36-27(30,31)32;1-24(2)14-21(31-23(24)22-19(26)4-3-5-20(22)27)17-8-6-15(7-9-17)16-10-12-18(13-11-16)32-25(28,29)30/h4-14,23H,15H2,1-3H3,(H,33,34);3-13,21H,14H2,1-2H3. The molecule has 0 fully saturated rings. The molecule has 0 radical (unpaired) electrons. The Hall–Kier alpha value is -6.97. The molecular formula is C52H44F10N2O4. The van der Waals surface area contributed by atoms with Crippen LogP contribution in [0.1, 0.15) is 86.6 Å². The monoisotopic (exact) mass is 950 g/mol. The first kappa shape index (κ1) is 50.4. The number of nitrogens with one attached hydrogen (secondary N) is 1. The van der Waals surface area contributed by atoms with Crippen LogP contribution in [0.15, 0.2) is 138 Å². The summed E-state index contributed by atoms with van der Waals surface area (Å²) in [5, 5.41) is 2.77. The number of benzene rings is 6. The van der Waals surface area contributed by atoms with Crippen molar-refractivity contribution in [3.63, 3.8) is 0 Å². The summed E-state index contributed by atoms with van der Waals surface area (Å²) in [6.07, 6.45) is -8.86. The zero-order valence-corrected chi connectivity index (χ0v) is 37.1. The molecule has 1 N–H and O–H groups in total. The quantitative estimate of drug-likeness (QED) is 0.0979. The number of hydrogen-bond donors (Lipinski definition) is 1. The lowest BCUT2D eigenvalue weighted by atomic mass is 9.77. The third-order valence-corrected chi connectivity index (χ3v) is 11.2. The molecule has 6 nitrogen and oxygen atoms in total. The number of alkyl halides is 6. The summed E-state index contributed by atoms with van der Waals surface area (Å²) >= 11 is 0. The van der Waals surface area contributed by atoms with Gasteiger partial charge < -0.3 is 14.8 Å². The summed E-state index contributed by atoms with van der Waals surface area (Å²) in [6.45, 7) is 8.24. The lowest BCUT2D eigenvalue weighted by molar-refractivity contribution is -0.275. The number of halogens is 10. The highest BCUT2D eigenvalue weighted by Gasteiger charge is 2.39. The molecule has 1 aliphatic rings. The number of rotatable bonds is 12. The summed E-state index contributed by atoms with van der Waals surface area (Å²) in [7, 11) is 0. The zero-order valence-electron chi connectivity index (χ0n) is 37.1. The van der Waals surface area contributed by atoms with Crippen molar-refractivity contribution >= 4 is 17.4 Å². The maximum absolute atomic E-state index is 14.3. The van der Waals surface area contributed by atoms with E-state index in [0.717, 1.165) is 28.8 Å². The van der Waals surface area contributed by atoms with Crippen LogP contribution in [0.4, 0.5) is 43.9 Å². The Morgan fingerprint density at radius 3 is 1.44 bits per heavy atom. The van der Waals surface area contributed by atoms with Crippen molar-refractivity contribution in [1.82, 2.24) is 5.32 Å². The van der Waals surface area contributed by atoms with Gasteiger partial charge in [0.2, 0.25) is 5.91 Å². The third kappa shape index (κ3) is 12.7. The van der Waals surface area contributed by atoms with Gasteiger partial charge in [-0.3, -0.25) is 14.6 Å². The van der Waals surface area contributed by atoms with Crippen LogP contribution in [0.5, 0.6) is 11.5 Å². The van der Waals surface area contributed by atoms with Crippen molar-refractivity contribution in [2.45, 2.75) is 72.3 Å². The second kappa shape index (κ2) is 20.1. The Morgan fingerprint density at radius 1 is 0.632 bits per heavy atom. The number of nitrogens with zero attached hydrogens (tertiary/aromatic N) is 1. The maximum Gasteiger partial charge on any atom is 0.573 e. The Balaban J connectivity index is 0.000000225. The summed E-state index contributed by atoms with van der Waals surface area (Å²) < 4.78 is 139. The minimum absolute atomic E-state index is 0.0576. The first-order chi connectivity index (χ1) is 31.8. The van der Waals surface area contributed by atoms with Crippen LogP contribution in [-0.2, 0) is 4.79 Å². The van der Waals surface area contributed by atoms with Crippen LogP contribution in [0, 0.1) is 34.1 Å². The van der Waals surface area contributed by atoms with Gasteiger partial charge in [0.05, 0.1) is 28.9 Å². The number of ether oxygens (including phenoxy) is 2. The Morgan fingerprint density at radius 2 is 1.03 bits per heavy atom. The molecule has 7 rings (SSSR count). The van der Waals surface area contributed by atoms with E-state index in [1.807, 2.05) is 38.1 Å². The van der Waals surface area contributed by atoms with Gasteiger partial charge >= 0.3 is 12.7 Å². The molecule has 68 heavy (non-hydrogen) atoms. The second-order valence-corrected chi connectivity index (χ2v) is 17.3. The molecule has 1 amide bonds. The molecule has 0 aliphatic carbocycles. The molecule has 0 aromatic heterocycles. The molecule has 356 valence electrons. The van der Waals surface area contributed by atoms with Gasteiger partial charge in [-0.25, -0.2) is 17.6 Å². The molecule has 1 heterocycles. The smallest absolute Gasteiger partial charge is 0.406 e. The predicted octanol–water partition coefficient (Wildman–Crippen LogP) is 14.5. The average molecular weight is 951 g/mol. The minimum atomic E-state index is -4.78. The van der Waals surface area contributed by atoms with Gasteiger partial charge in [0.15, 0.2) is 5.78 Å². The van der Waals surface area contributed by atoms with Gasteiger partial charge in [0.1, 0.15) is 34.8 Å². The van der Waals surface area contributed by atoms with Gasteiger partial charge in [0, 0.05) is 17.8 Å². The summed E-state index contributed by atoms with van der Waals surface area (Å²) in [6, 6.07) is 31.3. The molecule has 0 saturated heterocycles. The van der Waals surface area contributed by atoms with E-state index < -0.39 is 64.2 Å². The molecular weight excluding hydrogens is 907 g/mol. The van der Waals surface area contributed by atoms with E-state index in [2.05, 4.69) is 19.8 Å². The summed E-state index contributed by atoms with van der Waals surface area (Å²) in [5.74, 6) is -4.90. The number of carbonyl (C=O) groups is 2. The van der Waals surface area contributed by atoms with Crippen LogP contribution in [0.2, 0.25) is 0 Å². The Labute approximate surface area is 385 Å². The van der Waals surface area contributed by atoms with E-state index in [4.69, 9.17) is 0 Å².